The van der Waals surface area contributed by atoms with Gasteiger partial charge in [-0.15, -0.1) is 0 Å². The lowest BCUT2D eigenvalue weighted by atomic mass is 10.3. The van der Waals surface area contributed by atoms with Crippen molar-refractivity contribution in [2.75, 3.05) is 5.73 Å². The number of carboxylic acids is 2. The predicted octanol–water partition coefficient (Wildman–Crippen LogP) is 0.815. The lowest BCUT2D eigenvalue weighted by Gasteiger charge is -1.83. The summed E-state index contributed by atoms with van der Waals surface area (Å²) in [6.07, 6.45) is -0.806. The van der Waals surface area contributed by atoms with Crippen molar-refractivity contribution in [2.45, 2.75) is 6.42 Å². The van der Waals surface area contributed by atoms with Crippen molar-refractivity contribution in [3.63, 3.8) is 0 Å². The summed E-state index contributed by atoms with van der Waals surface area (Å²) in [7, 11) is 0. The second kappa shape index (κ2) is 6.47. The number of hydrogen-bond donors (Lipinski definition) is 3. The highest BCUT2D eigenvalue weighted by molar-refractivity contribution is 5.88. The first kappa shape index (κ1) is 12.0. The first-order chi connectivity index (χ1) is 6.52. The molecule has 0 radical (unpaired) electrons. The Morgan fingerprint density at radius 1 is 1.07 bits per heavy atom. The first-order valence-corrected chi connectivity index (χ1v) is 3.76. The molecule has 0 fully saturated rings. The van der Waals surface area contributed by atoms with Gasteiger partial charge in [0.05, 0.1) is 0 Å². The van der Waals surface area contributed by atoms with E-state index < -0.39 is 18.4 Å². The molecule has 4 N–H and O–H groups in total. The van der Waals surface area contributed by atoms with Crippen LogP contribution in [0.1, 0.15) is 6.42 Å². The maximum Gasteiger partial charge on any atom is 0.314 e. The smallest absolute Gasteiger partial charge is 0.314 e. The van der Waals surface area contributed by atoms with E-state index >= 15 is 0 Å². The van der Waals surface area contributed by atoms with Gasteiger partial charge in [0.1, 0.15) is 6.42 Å². The lowest BCUT2D eigenvalue weighted by molar-refractivity contribution is -0.147. The number of carbonyl (C=O) groups is 2. The molecule has 0 aliphatic carbocycles. The van der Waals surface area contributed by atoms with E-state index in [4.69, 9.17) is 15.9 Å². The molecule has 0 atom stereocenters. The normalized spacial score (nSPS) is 8.29. The molecule has 0 aromatic heterocycles. The molecule has 76 valence electrons. The Morgan fingerprint density at radius 2 is 1.50 bits per heavy atom. The molecule has 0 aliphatic heterocycles. The summed E-state index contributed by atoms with van der Waals surface area (Å²) in [6.45, 7) is 0. The summed E-state index contributed by atoms with van der Waals surface area (Å²) in [5.41, 5.74) is 6.18. The monoisotopic (exact) mass is 197 g/mol. The van der Waals surface area contributed by atoms with E-state index in [0.29, 0.717) is 0 Å². The van der Waals surface area contributed by atoms with Crippen molar-refractivity contribution in [1.82, 2.24) is 0 Å². The number of nitrogen functional groups attached to an aromatic ring is 1. The van der Waals surface area contributed by atoms with Crippen LogP contribution in [-0.2, 0) is 9.59 Å². The van der Waals surface area contributed by atoms with E-state index in [-0.39, 0.29) is 0 Å². The summed E-state index contributed by atoms with van der Waals surface area (Å²) in [6, 6.07) is 9.49. The molecular weight excluding hydrogens is 186 g/mol. The second-order valence-corrected chi connectivity index (χ2v) is 2.37. The van der Waals surface area contributed by atoms with Gasteiger partial charge in [-0.25, -0.2) is 0 Å². The Labute approximate surface area is 80.8 Å². The average molecular weight is 197 g/mol. The highest BCUT2D eigenvalue weighted by Crippen LogP contribution is 1.95. The lowest BCUT2D eigenvalue weighted by Crippen LogP contribution is -2.03. The third-order valence-corrected chi connectivity index (χ3v) is 1.10. The SMILES string of the molecule is Nc1ccccc1.O=C(O)CC(=O)O. The molecule has 0 saturated heterocycles. The molecule has 0 heterocycles. The van der Waals surface area contributed by atoms with Crippen LogP contribution < -0.4 is 5.73 Å². The molecule has 0 unspecified atom stereocenters. The minimum atomic E-state index is -1.31. The molecular formula is C9H11NO4. The third-order valence-electron chi connectivity index (χ3n) is 1.10. The van der Waals surface area contributed by atoms with Crippen LogP contribution >= 0.6 is 0 Å². The van der Waals surface area contributed by atoms with Crippen molar-refractivity contribution < 1.29 is 19.8 Å². The van der Waals surface area contributed by atoms with Crippen LogP contribution in [0.4, 0.5) is 5.69 Å². The maximum atomic E-state index is 9.43. The van der Waals surface area contributed by atoms with E-state index in [0.717, 1.165) is 5.69 Å². The standard InChI is InChI=1S/C6H7N.C3H4O4/c7-6-4-2-1-3-5-6;4-2(5)1-3(6)7/h1-5H,7H2;1H2,(H,4,5)(H,6,7). The van der Waals surface area contributed by atoms with Gasteiger partial charge in [-0.05, 0) is 12.1 Å². The van der Waals surface area contributed by atoms with Gasteiger partial charge in [0.2, 0.25) is 0 Å². The largest absolute Gasteiger partial charge is 0.481 e. The van der Waals surface area contributed by atoms with E-state index in [1.165, 1.54) is 0 Å². The highest BCUT2D eigenvalue weighted by atomic mass is 16.4. The van der Waals surface area contributed by atoms with Crippen molar-refractivity contribution in [3.05, 3.63) is 30.3 Å². The summed E-state index contributed by atoms with van der Waals surface area (Å²) in [4.78, 5) is 18.9. The number of anilines is 1. The summed E-state index contributed by atoms with van der Waals surface area (Å²) in [5.74, 6) is -2.62. The molecule has 1 rings (SSSR count). The Balaban J connectivity index is 0.000000241. The van der Waals surface area contributed by atoms with Crippen molar-refractivity contribution in [1.29, 1.82) is 0 Å². The average Bonchev–Trinajstić information content (AvgIpc) is 2.03. The van der Waals surface area contributed by atoms with Crippen LogP contribution in [0.3, 0.4) is 0 Å². The van der Waals surface area contributed by atoms with Crippen LogP contribution in [0.2, 0.25) is 0 Å². The zero-order valence-electron chi connectivity index (χ0n) is 7.38. The van der Waals surface area contributed by atoms with Gasteiger partial charge in [0, 0.05) is 5.69 Å². The molecule has 0 saturated carbocycles. The number of para-hydroxylation sites is 1. The third kappa shape index (κ3) is 8.06. The quantitative estimate of drug-likeness (QED) is 0.481. The van der Waals surface area contributed by atoms with Crippen molar-refractivity contribution in [2.24, 2.45) is 0 Å². The summed E-state index contributed by atoms with van der Waals surface area (Å²) < 4.78 is 0. The molecule has 0 bridgehead atoms. The van der Waals surface area contributed by atoms with Crippen LogP contribution in [-0.4, -0.2) is 22.2 Å². The maximum absolute atomic E-state index is 9.43. The fraction of sp³-hybridized carbons (Fsp3) is 0.111. The number of benzene rings is 1. The summed E-state index contributed by atoms with van der Waals surface area (Å²) >= 11 is 0. The van der Waals surface area contributed by atoms with Crippen LogP contribution in [0.5, 0.6) is 0 Å². The van der Waals surface area contributed by atoms with E-state index in [1.54, 1.807) is 0 Å². The predicted molar refractivity (Wildman–Crippen MR) is 50.7 cm³/mol. The van der Waals surface area contributed by atoms with Crippen molar-refractivity contribution in [3.8, 4) is 0 Å². The molecule has 5 heteroatoms. The van der Waals surface area contributed by atoms with E-state index in [1.807, 2.05) is 30.3 Å². The minimum Gasteiger partial charge on any atom is -0.481 e. The van der Waals surface area contributed by atoms with E-state index in [2.05, 4.69) is 0 Å². The molecule has 5 nitrogen and oxygen atoms in total. The second-order valence-electron chi connectivity index (χ2n) is 2.37. The van der Waals surface area contributed by atoms with Gasteiger partial charge in [-0.1, -0.05) is 18.2 Å². The molecule has 0 aliphatic rings. The molecule has 1 aromatic rings. The van der Waals surface area contributed by atoms with Gasteiger partial charge in [-0.2, -0.15) is 0 Å². The number of nitrogens with two attached hydrogens (primary N) is 1. The fourth-order valence-electron chi connectivity index (χ4n) is 0.582. The van der Waals surface area contributed by atoms with Crippen LogP contribution in [0.15, 0.2) is 30.3 Å². The zero-order chi connectivity index (χ0) is 11.0. The van der Waals surface area contributed by atoms with E-state index in [9.17, 15) is 9.59 Å². The van der Waals surface area contributed by atoms with Gasteiger partial charge >= 0.3 is 11.9 Å². The van der Waals surface area contributed by atoms with Gasteiger partial charge in [0.15, 0.2) is 0 Å². The summed E-state index contributed by atoms with van der Waals surface area (Å²) in [5, 5.41) is 15.4. The topological polar surface area (TPSA) is 101 Å². The molecule has 1 aromatic carbocycles. The first-order valence-electron chi connectivity index (χ1n) is 3.76. The van der Waals surface area contributed by atoms with Crippen molar-refractivity contribution >= 4 is 17.6 Å². The Kier molecular flexibility index (Phi) is 5.53. The molecule has 0 amide bonds. The van der Waals surface area contributed by atoms with Crippen LogP contribution in [0, 0.1) is 0 Å². The van der Waals surface area contributed by atoms with Gasteiger partial charge in [0.25, 0.3) is 0 Å². The fourth-order valence-corrected chi connectivity index (χ4v) is 0.582. The zero-order valence-corrected chi connectivity index (χ0v) is 7.38. The Hall–Kier alpha value is -2.04. The number of carboxylic acid groups (broad SMARTS) is 2. The molecule has 0 spiro atoms. The van der Waals surface area contributed by atoms with Gasteiger partial charge in [-0.3, -0.25) is 9.59 Å². The molecule has 14 heavy (non-hydrogen) atoms. The number of rotatable bonds is 2. The number of hydrogen-bond acceptors (Lipinski definition) is 3. The minimum absolute atomic E-state index is 0.806. The highest BCUT2D eigenvalue weighted by Gasteiger charge is 2.01. The Morgan fingerprint density at radius 3 is 1.64 bits per heavy atom. The Bertz CT molecular complexity index is 285. The number of aliphatic carboxylic acids is 2. The van der Waals surface area contributed by atoms with Crippen LogP contribution in [0.25, 0.3) is 0 Å². The van der Waals surface area contributed by atoms with Gasteiger partial charge < -0.3 is 15.9 Å².